The number of aliphatic hydroxyl groups is 1. The van der Waals surface area contributed by atoms with Gasteiger partial charge in [-0.25, -0.2) is 0 Å². The summed E-state index contributed by atoms with van der Waals surface area (Å²) in [6.07, 6.45) is 4.57. The molecule has 1 saturated carbocycles. The highest BCUT2D eigenvalue weighted by Crippen LogP contribution is 2.38. The van der Waals surface area contributed by atoms with E-state index in [9.17, 15) is 9.90 Å². The van der Waals surface area contributed by atoms with E-state index in [1.54, 1.807) is 0 Å². The highest BCUT2D eigenvalue weighted by atomic mass is 16.3. The molecule has 1 aliphatic heterocycles. The van der Waals surface area contributed by atoms with Gasteiger partial charge in [0.2, 0.25) is 5.91 Å². The van der Waals surface area contributed by atoms with Crippen LogP contribution in [0, 0.1) is 5.41 Å². The van der Waals surface area contributed by atoms with Crippen LogP contribution < -0.4 is 0 Å². The van der Waals surface area contributed by atoms with Crippen LogP contribution in [0.25, 0.3) is 0 Å². The molecular weight excluding hydrogens is 190 g/mol. The van der Waals surface area contributed by atoms with Crippen LogP contribution >= 0.6 is 0 Å². The second-order valence-electron chi connectivity index (χ2n) is 5.82. The van der Waals surface area contributed by atoms with E-state index in [1.807, 2.05) is 4.90 Å². The summed E-state index contributed by atoms with van der Waals surface area (Å²) in [6, 6.07) is 0.374. The molecule has 2 unspecified atom stereocenters. The summed E-state index contributed by atoms with van der Waals surface area (Å²) in [5.41, 5.74) is 0.358. The number of hydrogen-bond donors (Lipinski definition) is 1. The monoisotopic (exact) mass is 211 g/mol. The molecule has 3 nitrogen and oxygen atoms in total. The summed E-state index contributed by atoms with van der Waals surface area (Å²) in [6.45, 7) is 5.10. The molecule has 1 N–H and O–H groups in total. The number of amides is 1. The number of hydrogen-bond acceptors (Lipinski definition) is 2. The van der Waals surface area contributed by atoms with Crippen LogP contribution in [0.3, 0.4) is 0 Å². The minimum atomic E-state index is -0.428. The summed E-state index contributed by atoms with van der Waals surface area (Å²) in [5.74, 6) is 0.144. The number of rotatable bonds is 1. The number of carbonyl (C=O) groups excluding carboxylic acids is 1. The van der Waals surface area contributed by atoms with E-state index >= 15 is 0 Å². The maximum absolute atomic E-state index is 11.7. The van der Waals surface area contributed by atoms with E-state index in [-0.39, 0.29) is 5.91 Å². The van der Waals surface area contributed by atoms with Gasteiger partial charge in [-0.1, -0.05) is 20.3 Å². The molecule has 0 aromatic carbocycles. The van der Waals surface area contributed by atoms with Crippen molar-refractivity contribution in [2.24, 2.45) is 5.41 Å². The number of carbonyl (C=O) groups is 1. The lowest BCUT2D eigenvalue weighted by Gasteiger charge is -2.39. The molecule has 1 amide bonds. The quantitative estimate of drug-likeness (QED) is 0.715. The van der Waals surface area contributed by atoms with Crippen molar-refractivity contribution in [1.82, 2.24) is 4.90 Å². The van der Waals surface area contributed by atoms with Gasteiger partial charge < -0.3 is 10.0 Å². The normalized spacial score (nSPS) is 35.9. The Bertz CT molecular complexity index is 262. The van der Waals surface area contributed by atoms with Gasteiger partial charge in [-0.2, -0.15) is 0 Å². The molecule has 86 valence electrons. The second kappa shape index (κ2) is 3.78. The Morgan fingerprint density at radius 3 is 2.73 bits per heavy atom. The zero-order valence-electron chi connectivity index (χ0n) is 9.70. The van der Waals surface area contributed by atoms with E-state index in [4.69, 9.17) is 0 Å². The smallest absolute Gasteiger partial charge is 0.225 e. The minimum absolute atomic E-state index is 0.144. The van der Waals surface area contributed by atoms with Crippen molar-refractivity contribution in [3.8, 4) is 0 Å². The van der Waals surface area contributed by atoms with Gasteiger partial charge >= 0.3 is 0 Å². The van der Waals surface area contributed by atoms with Gasteiger partial charge in [-0.15, -0.1) is 0 Å². The molecule has 3 heteroatoms. The molecule has 1 heterocycles. The summed E-state index contributed by atoms with van der Waals surface area (Å²) in [4.78, 5) is 13.6. The van der Waals surface area contributed by atoms with Crippen molar-refractivity contribution in [2.45, 2.75) is 58.1 Å². The van der Waals surface area contributed by atoms with Gasteiger partial charge in [0.05, 0.1) is 12.5 Å². The Labute approximate surface area is 91.5 Å². The molecule has 0 spiro atoms. The lowest BCUT2D eigenvalue weighted by molar-refractivity contribution is -0.130. The number of aliphatic hydroxyl groups excluding tert-OH is 1. The highest BCUT2D eigenvalue weighted by molar-refractivity contribution is 5.79. The van der Waals surface area contributed by atoms with E-state index in [1.165, 1.54) is 12.8 Å². The maximum Gasteiger partial charge on any atom is 0.225 e. The van der Waals surface area contributed by atoms with Crippen LogP contribution in [0.2, 0.25) is 0 Å². The molecule has 2 rings (SSSR count). The predicted molar refractivity (Wildman–Crippen MR) is 58.4 cm³/mol. The van der Waals surface area contributed by atoms with Crippen LogP contribution in [-0.4, -0.2) is 34.6 Å². The zero-order chi connectivity index (χ0) is 11.1. The van der Waals surface area contributed by atoms with Crippen molar-refractivity contribution in [3.63, 3.8) is 0 Å². The van der Waals surface area contributed by atoms with E-state index in [0.29, 0.717) is 24.4 Å². The second-order valence-corrected chi connectivity index (χ2v) is 5.82. The predicted octanol–water partition coefficient (Wildman–Crippen LogP) is 1.55. The van der Waals surface area contributed by atoms with Crippen molar-refractivity contribution in [1.29, 1.82) is 0 Å². The van der Waals surface area contributed by atoms with Crippen molar-refractivity contribution in [2.75, 3.05) is 6.54 Å². The Hall–Kier alpha value is -0.570. The number of β-amino-alcohol motifs (C(OH)–C–C–N with tert-alkyl or cyclic N) is 1. The average Bonchev–Trinajstić information content (AvgIpc) is 2.43. The van der Waals surface area contributed by atoms with E-state index in [0.717, 1.165) is 12.8 Å². The molecule has 2 atom stereocenters. The summed E-state index contributed by atoms with van der Waals surface area (Å²) >= 11 is 0. The summed E-state index contributed by atoms with van der Waals surface area (Å²) in [7, 11) is 0. The summed E-state index contributed by atoms with van der Waals surface area (Å²) < 4.78 is 0. The molecule has 1 saturated heterocycles. The van der Waals surface area contributed by atoms with Gasteiger partial charge in [0.25, 0.3) is 0 Å². The van der Waals surface area contributed by atoms with Crippen molar-refractivity contribution < 1.29 is 9.90 Å². The van der Waals surface area contributed by atoms with Gasteiger partial charge in [-0.3, -0.25) is 4.79 Å². The average molecular weight is 211 g/mol. The van der Waals surface area contributed by atoms with Crippen molar-refractivity contribution in [3.05, 3.63) is 0 Å². The third-order valence-electron chi connectivity index (χ3n) is 3.76. The van der Waals surface area contributed by atoms with Gasteiger partial charge in [0, 0.05) is 12.6 Å². The molecular formula is C12H21NO2. The number of nitrogens with zero attached hydrogens (tertiary/aromatic N) is 1. The van der Waals surface area contributed by atoms with E-state index < -0.39 is 6.10 Å². The largest absolute Gasteiger partial charge is 0.391 e. The fourth-order valence-corrected chi connectivity index (χ4v) is 2.99. The Morgan fingerprint density at radius 2 is 2.20 bits per heavy atom. The maximum atomic E-state index is 11.7. The van der Waals surface area contributed by atoms with Crippen LogP contribution in [-0.2, 0) is 4.79 Å². The standard InChI is InChI=1S/C12H21NO2/c1-12(2)5-3-4-9(7-12)13-8-10(14)6-11(13)15/h9-10,14H,3-8H2,1-2H3. The first-order valence-corrected chi connectivity index (χ1v) is 5.95. The Balaban J connectivity index is 2.01. The molecule has 0 aromatic heterocycles. The van der Waals surface area contributed by atoms with E-state index in [2.05, 4.69) is 13.8 Å². The minimum Gasteiger partial charge on any atom is -0.391 e. The Morgan fingerprint density at radius 1 is 1.47 bits per heavy atom. The molecule has 2 aliphatic rings. The first kappa shape index (κ1) is 10.9. The first-order chi connectivity index (χ1) is 6.98. The topological polar surface area (TPSA) is 40.5 Å². The highest BCUT2D eigenvalue weighted by Gasteiger charge is 2.37. The summed E-state index contributed by atoms with van der Waals surface area (Å²) in [5, 5.41) is 9.47. The fourth-order valence-electron chi connectivity index (χ4n) is 2.99. The fraction of sp³-hybridized carbons (Fsp3) is 0.917. The van der Waals surface area contributed by atoms with Gasteiger partial charge in [0.15, 0.2) is 0 Å². The lowest BCUT2D eigenvalue weighted by Crippen LogP contribution is -2.42. The number of likely N-dealkylation sites (tertiary alicyclic amines) is 1. The molecule has 0 aromatic rings. The molecule has 1 aliphatic carbocycles. The van der Waals surface area contributed by atoms with Gasteiger partial charge in [0.1, 0.15) is 0 Å². The van der Waals surface area contributed by atoms with Crippen LogP contribution in [0.5, 0.6) is 0 Å². The van der Waals surface area contributed by atoms with Crippen LogP contribution in [0.15, 0.2) is 0 Å². The third-order valence-corrected chi connectivity index (χ3v) is 3.76. The zero-order valence-corrected chi connectivity index (χ0v) is 9.70. The van der Waals surface area contributed by atoms with Crippen molar-refractivity contribution >= 4 is 5.91 Å². The Kier molecular flexibility index (Phi) is 2.75. The molecule has 15 heavy (non-hydrogen) atoms. The van der Waals surface area contributed by atoms with Crippen LogP contribution in [0.4, 0.5) is 0 Å². The first-order valence-electron chi connectivity index (χ1n) is 5.95. The lowest BCUT2D eigenvalue weighted by atomic mass is 9.75. The molecule has 0 bridgehead atoms. The molecule has 2 fully saturated rings. The third kappa shape index (κ3) is 2.33. The van der Waals surface area contributed by atoms with Gasteiger partial charge in [-0.05, 0) is 24.7 Å². The van der Waals surface area contributed by atoms with Crippen LogP contribution in [0.1, 0.15) is 46.0 Å². The SMILES string of the molecule is CC1(C)CCCC(N2CC(O)CC2=O)C1. The molecule has 0 radical (unpaired) electrons.